The van der Waals surface area contributed by atoms with Crippen molar-refractivity contribution in [2.45, 2.75) is 111 Å². The maximum atomic E-state index is 2.48. The smallest absolute Gasteiger partial charge is 0.0203 e. The molecule has 0 heterocycles. The molecule has 23 heavy (non-hydrogen) atoms. The van der Waals surface area contributed by atoms with E-state index in [1.165, 1.54) is 83.5 Å². The molecule has 0 aromatic carbocycles. The van der Waals surface area contributed by atoms with Crippen LogP contribution in [0.1, 0.15) is 111 Å². The zero-order valence-electron chi connectivity index (χ0n) is 16.5. The summed E-state index contributed by atoms with van der Waals surface area (Å²) in [6, 6.07) is 0. The topological polar surface area (TPSA) is 0 Å². The Morgan fingerprint density at radius 3 is 1.43 bits per heavy atom. The van der Waals surface area contributed by atoms with E-state index < -0.39 is 0 Å². The number of allylic oxidation sites excluding steroid dienone is 2. The second-order valence-electron chi connectivity index (χ2n) is 8.73. The number of hydrogen-bond donors (Lipinski definition) is 0. The molecule has 2 aliphatic rings. The Kier molecular flexibility index (Phi) is 8.21. The molecule has 0 saturated heterocycles. The molecule has 134 valence electrons. The van der Waals surface area contributed by atoms with Gasteiger partial charge in [-0.1, -0.05) is 57.1 Å². The van der Waals surface area contributed by atoms with Gasteiger partial charge in [-0.25, -0.2) is 0 Å². The molecule has 0 bridgehead atoms. The van der Waals surface area contributed by atoms with Crippen molar-refractivity contribution in [2.24, 2.45) is 23.7 Å². The van der Waals surface area contributed by atoms with Crippen LogP contribution in [0.5, 0.6) is 0 Å². The summed E-state index contributed by atoms with van der Waals surface area (Å²) < 4.78 is 0. The number of rotatable bonds is 7. The van der Waals surface area contributed by atoms with E-state index in [0.29, 0.717) is 0 Å². The fourth-order valence-electron chi connectivity index (χ4n) is 5.31. The summed E-state index contributed by atoms with van der Waals surface area (Å²) in [6.45, 7) is 9.63. The van der Waals surface area contributed by atoms with Crippen LogP contribution in [0, 0.1) is 23.7 Å². The highest BCUT2D eigenvalue weighted by Gasteiger charge is 2.26. The van der Waals surface area contributed by atoms with Gasteiger partial charge in [-0.05, 0) is 88.9 Å². The lowest BCUT2D eigenvalue weighted by Gasteiger charge is -2.34. The van der Waals surface area contributed by atoms with Crippen molar-refractivity contribution < 1.29 is 0 Å². The Balaban J connectivity index is 1.82. The molecule has 0 aromatic heterocycles. The van der Waals surface area contributed by atoms with Crippen molar-refractivity contribution in [2.75, 3.05) is 0 Å². The molecule has 0 unspecified atom stereocenters. The zero-order chi connectivity index (χ0) is 16.7. The Morgan fingerprint density at radius 1 is 0.609 bits per heavy atom. The third-order valence-corrected chi connectivity index (χ3v) is 7.20. The molecule has 2 fully saturated rings. The van der Waals surface area contributed by atoms with Gasteiger partial charge in [-0.2, -0.15) is 0 Å². The third kappa shape index (κ3) is 5.64. The summed E-state index contributed by atoms with van der Waals surface area (Å²) in [6.07, 6.45) is 19.0. The fraction of sp³-hybridized carbons (Fsp3) is 0.913. The van der Waals surface area contributed by atoms with Crippen LogP contribution in [0.2, 0.25) is 0 Å². The van der Waals surface area contributed by atoms with Crippen LogP contribution >= 0.6 is 0 Å². The van der Waals surface area contributed by atoms with Crippen LogP contribution in [0.3, 0.4) is 0 Å². The van der Waals surface area contributed by atoms with Gasteiger partial charge in [0.25, 0.3) is 0 Å². The number of hydrogen-bond acceptors (Lipinski definition) is 0. The molecule has 2 aliphatic carbocycles. The molecule has 0 radical (unpaired) electrons. The van der Waals surface area contributed by atoms with Gasteiger partial charge in [-0.15, -0.1) is 0 Å². The van der Waals surface area contributed by atoms with Crippen molar-refractivity contribution in [3.63, 3.8) is 0 Å². The second-order valence-corrected chi connectivity index (χ2v) is 8.73. The van der Waals surface area contributed by atoms with Crippen LogP contribution < -0.4 is 0 Å². The highest BCUT2D eigenvalue weighted by atomic mass is 14.3. The van der Waals surface area contributed by atoms with Crippen LogP contribution in [-0.2, 0) is 0 Å². The Labute approximate surface area is 146 Å². The summed E-state index contributed by atoms with van der Waals surface area (Å²) >= 11 is 0. The first-order valence-electron chi connectivity index (χ1n) is 10.8. The molecule has 0 aliphatic heterocycles. The van der Waals surface area contributed by atoms with Gasteiger partial charge < -0.3 is 0 Å². The average Bonchev–Trinajstić information content (AvgIpc) is 2.60. The quantitative estimate of drug-likeness (QED) is 0.418. The minimum absolute atomic E-state index is 0.918. The van der Waals surface area contributed by atoms with Gasteiger partial charge in [-0.3, -0.25) is 0 Å². The maximum Gasteiger partial charge on any atom is -0.0203 e. The standard InChI is InChI=1S/C23H42/c1-5-7-9-21-12-16-23(17-13-21)19(4)18(3)22-14-10-20(8-6-2)11-15-22/h20-23H,5-17H2,1-4H3/b19-18-. The van der Waals surface area contributed by atoms with E-state index in [-0.39, 0.29) is 0 Å². The van der Waals surface area contributed by atoms with Crippen LogP contribution in [0.25, 0.3) is 0 Å². The Morgan fingerprint density at radius 2 is 1.04 bits per heavy atom. The molecular weight excluding hydrogens is 276 g/mol. The predicted octanol–water partition coefficient (Wildman–Crippen LogP) is 7.93. The summed E-state index contributed by atoms with van der Waals surface area (Å²) in [5.74, 6) is 3.92. The van der Waals surface area contributed by atoms with Crippen molar-refractivity contribution in [1.82, 2.24) is 0 Å². The van der Waals surface area contributed by atoms with Gasteiger partial charge in [0.15, 0.2) is 0 Å². The Bertz CT molecular complexity index is 348. The molecule has 0 N–H and O–H groups in total. The normalized spacial score (nSPS) is 33.4. The summed E-state index contributed by atoms with van der Waals surface area (Å²) in [7, 11) is 0. The van der Waals surface area contributed by atoms with E-state index in [9.17, 15) is 0 Å². The SMILES string of the molecule is CCCCC1CCC(/C(C)=C(/C)C2CCC(CCC)CC2)CC1. The van der Waals surface area contributed by atoms with Crippen LogP contribution in [0.4, 0.5) is 0 Å². The largest absolute Gasteiger partial charge is 0.0710 e. The molecular formula is C23H42. The Hall–Kier alpha value is -0.260. The van der Waals surface area contributed by atoms with E-state index in [1.54, 1.807) is 11.1 Å². The van der Waals surface area contributed by atoms with Gasteiger partial charge in [0.05, 0.1) is 0 Å². The first kappa shape index (κ1) is 19.1. The van der Waals surface area contributed by atoms with E-state index in [4.69, 9.17) is 0 Å². The van der Waals surface area contributed by atoms with Gasteiger partial charge in [0.2, 0.25) is 0 Å². The lowest BCUT2D eigenvalue weighted by Crippen LogP contribution is -2.20. The molecule has 0 heteroatoms. The summed E-state index contributed by atoms with van der Waals surface area (Å²) in [4.78, 5) is 0. The van der Waals surface area contributed by atoms with E-state index in [2.05, 4.69) is 27.7 Å². The lowest BCUT2D eigenvalue weighted by molar-refractivity contribution is 0.269. The van der Waals surface area contributed by atoms with Crippen molar-refractivity contribution >= 4 is 0 Å². The zero-order valence-corrected chi connectivity index (χ0v) is 16.5. The molecule has 0 amide bonds. The fourth-order valence-corrected chi connectivity index (χ4v) is 5.31. The van der Waals surface area contributed by atoms with E-state index in [0.717, 1.165) is 23.7 Å². The van der Waals surface area contributed by atoms with Gasteiger partial charge in [0.1, 0.15) is 0 Å². The van der Waals surface area contributed by atoms with Gasteiger partial charge in [0, 0.05) is 0 Å². The summed E-state index contributed by atoms with van der Waals surface area (Å²) in [5, 5.41) is 0. The second kappa shape index (κ2) is 9.90. The van der Waals surface area contributed by atoms with Crippen molar-refractivity contribution in [3.8, 4) is 0 Å². The molecule has 0 atom stereocenters. The minimum Gasteiger partial charge on any atom is -0.0710 e. The molecule has 0 spiro atoms. The maximum absolute atomic E-state index is 2.48. The monoisotopic (exact) mass is 318 g/mol. The van der Waals surface area contributed by atoms with Gasteiger partial charge >= 0.3 is 0 Å². The van der Waals surface area contributed by atoms with Crippen LogP contribution in [0.15, 0.2) is 11.1 Å². The lowest BCUT2D eigenvalue weighted by atomic mass is 9.72. The van der Waals surface area contributed by atoms with E-state index in [1.807, 2.05) is 0 Å². The first-order valence-corrected chi connectivity index (χ1v) is 10.8. The van der Waals surface area contributed by atoms with Crippen LogP contribution in [-0.4, -0.2) is 0 Å². The summed E-state index contributed by atoms with van der Waals surface area (Å²) in [5.41, 5.74) is 3.58. The minimum atomic E-state index is 0.918. The molecule has 0 nitrogen and oxygen atoms in total. The predicted molar refractivity (Wildman–Crippen MR) is 104 cm³/mol. The van der Waals surface area contributed by atoms with Crippen molar-refractivity contribution in [1.29, 1.82) is 0 Å². The molecule has 2 saturated carbocycles. The average molecular weight is 319 g/mol. The van der Waals surface area contributed by atoms with E-state index >= 15 is 0 Å². The number of unbranched alkanes of at least 4 members (excludes halogenated alkanes) is 1. The molecule has 0 aromatic rings. The highest BCUT2D eigenvalue weighted by molar-refractivity contribution is 5.17. The first-order chi connectivity index (χ1) is 11.2. The van der Waals surface area contributed by atoms with Crippen molar-refractivity contribution in [3.05, 3.63) is 11.1 Å². The third-order valence-electron chi connectivity index (χ3n) is 7.20. The molecule has 2 rings (SSSR count). The highest BCUT2D eigenvalue weighted by Crippen LogP contribution is 2.41.